The van der Waals surface area contributed by atoms with E-state index in [-0.39, 0.29) is 5.56 Å². The zero-order chi connectivity index (χ0) is 14.3. The number of aryl methyl sites for hydroxylation is 2. The first-order chi connectivity index (χ1) is 9.59. The van der Waals surface area contributed by atoms with Crippen molar-refractivity contribution in [2.75, 3.05) is 0 Å². The summed E-state index contributed by atoms with van der Waals surface area (Å²) in [7, 11) is 0. The average molecular weight is 268 g/mol. The molecule has 3 aromatic rings. The molecule has 0 amide bonds. The molecule has 3 rings (SSSR count). The van der Waals surface area contributed by atoms with Crippen LogP contribution in [0.4, 0.5) is 0 Å². The summed E-state index contributed by atoms with van der Waals surface area (Å²) in [6.07, 6.45) is 4.92. The van der Waals surface area contributed by atoms with E-state index < -0.39 is 5.97 Å². The molecule has 6 nitrogen and oxygen atoms in total. The van der Waals surface area contributed by atoms with Crippen LogP contribution in [0.3, 0.4) is 0 Å². The minimum atomic E-state index is -0.966. The van der Waals surface area contributed by atoms with E-state index in [2.05, 4.69) is 15.2 Å². The van der Waals surface area contributed by atoms with Gasteiger partial charge in [-0.1, -0.05) is 12.1 Å². The van der Waals surface area contributed by atoms with Crippen LogP contribution in [0.1, 0.15) is 21.5 Å². The molecule has 0 aliphatic rings. The van der Waals surface area contributed by atoms with E-state index >= 15 is 0 Å². The topological polar surface area (TPSA) is 80.4 Å². The largest absolute Gasteiger partial charge is 0.478 e. The van der Waals surface area contributed by atoms with Gasteiger partial charge < -0.3 is 5.11 Å². The summed E-state index contributed by atoms with van der Waals surface area (Å²) < 4.78 is 1.74. The fraction of sp³-hybridized carbons (Fsp3) is 0.143. The van der Waals surface area contributed by atoms with Crippen LogP contribution in [0.2, 0.25) is 0 Å². The molecular formula is C14H12N4O2. The van der Waals surface area contributed by atoms with E-state index in [1.165, 1.54) is 0 Å². The predicted molar refractivity (Wildman–Crippen MR) is 72.7 cm³/mol. The molecule has 100 valence electrons. The summed E-state index contributed by atoms with van der Waals surface area (Å²) in [4.78, 5) is 15.5. The van der Waals surface area contributed by atoms with Gasteiger partial charge in [0.15, 0.2) is 11.5 Å². The summed E-state index contributed by atoms with van der Waals surface area (Å²) >= 11 is 0. The van der Waals surface area contributed by atoms with E-state index in [0.717, 1.165) is 5.56 Å². The molecule has 2 heterocycles. The molecule has 0 unspecified atom stereocenters. The standard InChI is InChI=1S/C14H12N4O2/c1-8-3-4-9(2)12(14(19)20)11(8)13-17-16-10-7-15-5-6-18(10)13/h3-7H,1-2H3,(H,19,20). The van der Waals surface area contributed by atoms with Crippen molar-refractivity contribution in [3.8, 4) is 11.4 Å². The Morgan fingerprint density at radius 3 is 2.70 bits per heavy atom. The monoisotopic (exact) mass is 268 g/mol. The Kier molecular flexibility index (Phi) is 2.71. The Bertz CT molecular complexity index is 823. The number of nitrogens with zero attached hydrogens (tertiary/aromatic N) is 4. The molecule has 0 saturated heterocycles. The molecule has 6 heteroatoms. The highest BCUT2D eigenvalue weighted by Gasteiger charge is 2.20. The molecule has 20 heavy (non-hydrogen) atoms. The Labute approximate surface area is 114 Å². The lowest BCUT2D eigenvalue weighted by molar-refractivity contribution is 0.0697. The first-order valence-electron chi connectivity index (χ1n) is 6.08. The maximum absolute atomic E-state index is 11.6. The van der Waals surface area contributed by atoms with E-state index in [1.54, 1.807) is 36.0 Å². The molecular weight excluding hydrogens is 256 g/mol. The van der Waals surface area contributed by atoms with Gasteiger partial charge >= 0.3 is 5.97 Å². The van der Waals surface area contributed by atoms with Crippen molar-refractivity contribution in [1.29, 1.82) is 0 Å². The van der Waals surface area contributed by atoms with E-state index in [0.29, 0.717) is 22.6 Å². The average Bonchev–Trinajstić information content (AvgIpc) is 2.84. The molecule has 0 aliphatic heterocycles. The van der Waals surface area contributed by atoms with Gasteiger partial charge in [-0.05, 0) is 25.0 Å². The lowest BCUT2D eigenvalue weighted by Gasteiger charge is -2.10. The number of rotatable bonds is 2. The second-order valence-electron chi connectivity index (χ2n) is 4.58. The van der Waals surface area contributed by atoms with Crippen LogP contribution in [0.5, 0.6) is 0 Å². The van der Waals surface area contributed by atoms with E-state index in [4.69, 9.17) is 0 Å². The molecule has 0 bridgehead atoms. The van der Waals surface area contributed by atoms with Gasteiger partial charge in [-0.3, -0.25) is 9.38 Å². The van der Waals surface area contributed by atoms with Gasteiger partial charge in [0.25, 0.3) is 0 Å². The van der Waals surface area contributed by atoms with Gasteiger partial charge in [0.2, 0.25) is 0 Å². The SMILES string of the molecule is Cc1ccc(C)c(-c2nnc3cnccn23)c1C(=O)O. The van der Waals surface area contributed by atoms with Crippen LogP contribution in [0.15, 0.2) is 30.7 Å². The van der Waals surface area contributed by atoms with Gasteiger partial charge in [-0.25, -0.2) is 4.79 Å². The molecule has 0 radical (unpaired) electrons. The predicted octanol–water partition coefficient (Wildman–Crippen LogP) is 2.11. The first-order valence-corrected chi connectivity index (χ1v) is 6.08. The molecule has 0 aliphatic carbocycles. The number of carbonyl (C=O) groups is 1. The fourth-order valence-electron chi connectivity index (χ4n) is 2.30. The van der Waals surface area contributed by atoms with Crippen LogP contribution < -0.4 is 0 Å². The molecule has 1 N–H and O–H groups in total. The minimum absolute atomic E-state index is 0.260. The summed E-state index contributed by atoms with van der Waals surface area (Å²) in [5.41, 5.74) is 2.98. The normalized spacial score (nSPS) is 10.9. The van der Waals surface area contributed by atoms with E-state index in [9.17, 15) is 9.90 Å². The molecule has 2 aromatic heterocycles. The van der Waals surface area contributed by atoms with Crippen LogP contribution in [-0.2, 0) is 0 Å². The summed E-state index contributed by atoms with van der Waals surface area (Å²) in [6.45, 7) is 3.64. The van der Waals surface area contributed by atoms with Gasteiger partial charge in [-0.15, -0.1) is 10.2 Å². The smallest absolute Gasteiger partial charge is 0.336 e. The number of hydrogen-bond donors (Lipinski definition) is 1. The highest BCUT2D eigenvalue weighted by molar-refractivity contribution is 5.97. The Morgan fingerprint density at radius 2 is 1.95 bits per heavy atom. The van der Waals surface area contributed by atoms with Gasteiger partial charge in [0.05, 0.1) is 11.8 Å². The van der Waals surface area contributed by atoms with Crippen LogP contribution in [-0.4, -0.2) is 30.7 Å². The second kappa shape index (κ2) is 4.41. The Morgan fingerprint density at radius 1 is 1.20 bits per heavy atom. The Hall–Kier alpha value is -2.76. The maximum Gasteiger partial charge on any atom is 0.336 e. The van der Waals surface area contributed by atoms with Crippen molar-refractivity contribution in [3.05, 3.63) is 47.4 Å². The number of hydrogen-bond acceptors (Lipinski definition) is 4. The molecule has 0 saturated carbocycles. The summed E-state index contributed by atoms with van der Waals surface area (Å²) in [5, 5.41) is 17.6. The Balaban J connectivity index is 2.40. The van der Waals surface area contributed by atoms with Gasteiger partial charge in [-0.2, -0.15) is 0 Å². The zero-order valence-electron chi connectivity index (χ0n) is 11.0. The van der Waals surface area contributed by atoms with Crippen LogP contribution >= 0.6 is 0 Å². The summed E-state index contributed by atoms with van der Waals surface area (Å²) in [5.74, 6) is -0.451. The number of fused-ring (bicyclic) bond motifs is 1. The quantitative estimate of drug-likeness (QED) is 0.769. The molecule has 0 fully saturated rings. The number of aromatic nitrogens is 4. The van der Waals surface area contributed by atoms with Crippen LogP contribution in [0, 0.1) is 13.8 Å². The lowest BCUT2D eigenvalue weighted by atomic mass is 9.96. The fourth-order valence-corrected chi connectivity index (χ4v) is 2.30. The zero-order valence-corrected chi connectivity index (χ0v) is 11.0. The number of carboxylic acids is 1. The highest BCUT2D eigenvalue weighted by atomic mass is 16.4. The van der Waals surface area contributed by atoms with Crippen molar-refractivity contribution in [1.82, 2.24) is 19.6 Å². The summed E-state index contributed by atoms with van der Waals surface area (Å²) in [6, 6.07) is 3.69. The van der Waals surface area contributed by atoms with Gasteiger partial charge in [0, 0.05) is 18.0 Å². The van der Waals surface area contributed by atoms with Crippen LogP contribution in [0.25, 0.3) is 17.0 Å². The third-order valence-corrected chi connectivity index (χ3v) is 3.27. The minimum Gasteiger partial charge on any atom is -0.478 e. The number of benzene rings is 1. The second-order valence-corrected chi connectivity index (χ2v) is 4.58. The van der Waals surface area contributed by atoms with E-state index in [1.807, 2.05) is 13.0 Å². The van der Waals surface area contributed by atoms with Gasteiger partial charge in [0.1, 0.15) is 0 Å². The first kappa shape index (κ1) is 12.3. The van der Waals surface area contributed by atoms with Crippen molar-refractivity contribution in [3.63, 3.8) is 0 Å². The third kappa shape index (κ3) is 1.73. The number of carboxylic acid groups (broad SMARTS) is 1. The highest BCUT2D eigenvalue weighted by Crippen LogP contribution is 2.28. The third-order valence-electron chi connectivity index (χ3n) is 3.27. The van der Waals surface area contributed by atoms with Crippen molar-refractivity contribution in [2.45, 2.75) is 13.8 Å². The van der Waals surface area contributed by atoms with Crippen molar-refractivity contribution in [2.24, 2.45) is 0 Å². The molecule has 0 spiro atoms. The van der Waals surface area contributed by atoms with Crippen molar-refractivity contribution < 1.29 is 9.90 Å². The molecule has 0 atom stereocenters. The number of aromatic carboxylic acids is 1. The van der Waals surface area contributed by atoms with Crippen molar-refractivity contribution >= 4 is 11.6 Å². The molecule has 1 aromatic carbocycles. The maximum atomic E-state index is 11.6. The lowest BCUT2D eigenvalue weighted by Crippen LogP contribution is -2.06.